The normalized spacial score (nSPS) is 21.3. The van der Waals surface area contributed by atoms with Crippen molar-refractivity contribution in [3.8, 4) is 5.75 Å². The molecule has 2 aliphatic heterocycles. The van der Waals surface area contributed by atoms with Gasteiger partial charge in [-0.05, 0) is 56.5 Å². The lowest BCUT2D eigenvalue weighted by Gasteiger charge is -2.29. The minimum atomic E-state index is 0.276. The largest absolute Gasteiger partial charge is 0.497 e. The third-order valence-electron chi connectivity index (χ3n) is 5.62. The predicted octanol–water partition coefficient (Wildman–Crippen LogP) is 2.19. The van der Waals surface area contributed by atoms with E-state index in [9.17, 15) is 0 Å². The number of guanidine groups is 1. The molecule has 0 radical (unpaired) electrons. The van der Waals surface area contributed by atoms with Gasteiger partial charge in [0.05, 0.1) is 25.9 Å². The Labute approximate surface area is 174 Å². The molecule has 7 heteroatoms. The van der Waals surface area contributed by atoms with Crippen LogP contribution >= 0.6 is 0 Å². The third-order valence-corrected chi connectivity index (χ3v) is 5.62. The molecular weight excluding hydrogens is 368 g/mol. The van der Waals surface area contributed by atoms with Crippen LogP contribution in [0, 0.1) is 0 Å². The van der Waals surface area contributed by atoms with Crippen LogP contribution in [0.2, 0.25) is 0 Å². The summed E-state index contributed by atoms with van der Waals surface area (Å²) in [7, 11) is 3.52. The number of ether oxygens (including phenoxy) is 3. The Kier molecular flexibility index (Phi) is 9.05. The first-order chi connectivity index (χ1) is 14.3. The van der Waals surface area contributed by atoms with Crippen molar-refractivity contribution in [3.05, 3.63) is 29.8 Å². The summed E-state index contributed by atoms with van der Waals surface area (Å²) in [5.41, 5.74) is 1.31. The highest BCUT2D eigenvalue weighted by molar-refractivity contribution is 5.79. The van der Waals surface area contributed by atoms with Gasteiger partial charge in [-0.3, -0.25) is 9.89 Å². The number of nitrogens with zero attached hydrogens (tertiary/aromatic N) is 2. The molecule has 0 aromatic heterocycles. The molecule has 0 spiro atoms. The molecule has 2 heterocycles. The third kappa shape index (κ3) is 6.87. The molecule has 0 aliphatic carbocycles. The van der Waals surface area contributed by atoms with E-state index in [1.165, 1.54) is 18.4 Å². The van der Waals surface area contributed by atoms with Crippen molar-refractivity contribution in [3.63, 3.8) is 0 Å². The van der Waals surface area contributed by atoms with Crippen LogP contribution in [0.3, 0.4) is 0 Å². The number of aliphatic imine (C=N–C) groups is 1. The molecule has 0 saturated carbocycles. The quantitative estimate of drug-likeness (QED) is 0.354. The molecule has 2 fully saturated rings. The fourth-order valence-electron chi connectivity index (χ4n) is 3.92. The van der Waals surface area contributed by atoms with Crippen LogP contribution < -0.4 is 15.4 Å². The molecule has 7 nitrogen and oxygen atoms in total. The van der Waals surface area contributed by atoms with Gasteiger partial charge in [0, 0.05) is 33.4 Å². The van der Waals surface area contributed by atoms with Crippen LogP contribution in [0.5, 0.6) is 5.75 Å². The SMILES string of the molecule is CN=C(NCCCOC1CCOC1)NCC(c1ccc(OC)cc1)N1CCCC1. The first-order valence-corrected chi connectivity index (χ1v) is 10.8. The first-order valence-electron chi connectivity index (χ1n) is 10.8. The van der Waals surface area contributed by atoms with Crippen LogP contribution in [0.1, 0.15) is 37.3 Å². The Morgan fingerprint density at radius 2 is 2.03 bits per heavy atom. The van der Waals surface area contributed by atoms with Crippen molar-refractivity contribution in [2.45, 2.75) is 37.8 Å². The number of likely N-dealkylation sites (tertiary alicyclic amines) is 1. The molecule has 0 bridgehead atoms. The number of benzene rings is 1. The van der Waals surface area contributed by atoms with Crippen molar-refractivity contribution in [1.29, 1.82) is 0 Å². The van der Waals surface area contributed by atoms with Gasteiger partial charge in [0.1, 0.15) is 5.75 Å². The summed E-state index contributed by atoms with van der Waals surface area (Å²) in [6, 6.07) is 8.75. The number of methoxy groups -OCH3 is 1. The molecule has 1 aromatic rings. The van der Waals surface area contributed by atoms with E-state index in [0.29, 0.717) is 6.04 Å². The van der Waals surface area contributed by atoms with Gasteiger partial charge in [0.15, 0.2) is 5.96 Å². The van der Waals surface area contributed by atoms with Crippen molar-refractivity contribution in [2.24, 2.45) is 4.99 Å². The summed E-state index contributed by atoms with van der Waals surface area (Å²) >= 11 is 0. The number of rotatable bonds is 10. The topological polar surface area (TPSA) is 67.4 Å². The van der Waals surface area contributed by atoms with E-state index in [1.54, 1.807) is 7.11 Å². The van der Waals surface area contributed by atoms with Gasteiger partial charge in [-0.15, -0.1) is 0 Å². The maximum absolute atomic E-state index is 5.82. The molecule has 29 heavy (non-hydrogen) atoms. The average Bonchev–Trinajstić information content (AvgIpc) is 3.47. The highest BCUT2D eigenvalue weighted by Crippen LogP contribution is 2.26. The van der Waals surface area contributed by atoms with Gasteiger partial charge in [-0.1, -0.05) is 12.1 Å². The van der Waals surface area contributed by atoms with Crippen LogP contribution in [0.25, 0.3) is 0 Å². The molecule has 2 unspecified atom stereocenters. The monoisotopic (exact) mass is 404 g/mol. The second kappa shape index (κ2) is 12.0. The first kappa shape index (κ1) is 21.9. The summed E-state index contributed by atoms with van der Waals surface area (Å²) < 4.78 is 16.5. The van der Waals surface area contributed by atoms with Crippen molar-refractivity contribution >= 4 is 5.96 Å². The number of hydrogen-bond acceptors (Lipinski definition) is 5. The average molecular weight is 405 g/mol. The van der Waals surface area contributed by atoms with Gasteiger partial charge >= 0.3 is 0 Å². The second-order valence-electron chi connectivity index (χ2n) is 7.62. The lowest BCUT2D eigenvalue weighted by Crippen LogP contribution is -2.43. The highest BCUT2D eigenvalue weighted by atomic mass is 16.5. The fourth-order valence-corrected chi connectivity index (χ4v) is 3.92. The van der Waals surface area contributed by atoms with E-state index in [1.807, 2.05) is 19.2 Å². The summed E-state index contributed by atoms with van der Waals surface area (Å²) in [6.45, 7) is 6.26. The fraction of sp³-hybridized carbons (Fsp3) is 0.682. The van der Waals surface area contributed by atoms with Crippen molar-refractivity contribution < 1.29 is 14.2 Å². The molecule has 2 saturated heterocycles. The zero-order valence-corrected chi connectivity index (χ0v) is 17.9. The Balaban J connectivity index is 1.45. The Morgan fingerprint density at radius 3 is 2.69 bits per heavy atom. The van der Waals surface area contributed by atoms with Crippen LogP contribution in [0.4, 0.5) is 0 Å². The van der Waals surface area contributed by atoms with Crippen molar-refractivity contribution in [1.82, 2.24) is 15.5 Å². The lowest BCUT2D eigenvalue weighted by molar-refractivity contribution is 0.0420. The van der Waals surface area contributed by atoms with Gasteiger partial charge in [-0.2, -0.15) is 0 Å². The molecule has 3 rings (SSSR count). The number of nitrogens with one attached hydrogen (secondary N) is 2. The Morgan fingerprint density at radius 1 is 1.24 bits per heavy atom. The molecular formula is C22H36N4O3. The molecule has 162 valence electrons. The zero-order valence-electron chi connectivity index (χ0n) is 17.9. The van der Waals surface area contributed by atoms with E-state index in [0.717, 1.165) is 70.6 Å². The van der Waals surface area contributed by atoms with Crippen LogP contribution in [-0.2, 0) is 9.47 Å². The standard InChI is InChI=1S/C22H36N4O3/c1-23-22(24-11-5-14-29-20-10-15-28-17-20)25-16-21(26-12-3-4-13-26)18-6-8-19(27-2)9-7-18/h6-9,20-21H,3-5,10-17H2,1-2H3,(H2,23,24,25). The Hall–Kier alpha value is -1.83. The van der Waals surface area contributed by atoms with Gasteiger partial charge in [0.2, 0.25) is 0 Å². The maximum Gasteiger partial charge on any atom is 0.191 e. The Bertz CT molecular complexity index is 611. The smallest absolute Gasteiger partial charge is 0.191 e. The molecule has 2 atom stereocenters. The summed E-state index contributed by atoms with van der Waals surface area (Å²) in [5.74, 6) is 1.73. The van der Waals surface area contributed by atoms with E-state index < -0.39 is 0 Å². The van der Waals surface area contributed by atoms with Gasteiger partial charge in [-0.25, -0.2) is 0 Å². The molecule has 2 N–H and O–H groups in total. The van der Waals surface area contributed by atoms with Crippen molar-refractivity contribution in [2.75, 3.05) is 60.2 Å². The van der Waals surface area contributed by atoms with E-state index in [-0.39, 0.29) is 6.10 Å². The summed E-state index contributed by atoms with van der Waals surface area (Å²) in [5, 5.41) is 6.91. The predicted molar refractivity (Wildman–Crippen MR) is 116 cm³/mol. The molecule has 1 aromatic carbocycles. The minimum absolute atomic E-state index is 0.276. The highest BCUT2D eigenvalue weighted by Gasteiger charge is 2.23. The molecule has 0 amide bonds. The maximum atomic E-state index is 5.82. The van der Waals surface area contributed by atoms with E-state index >= 15 is 0 Å². The van der Waals surface area contributed by atoms with E-state index in [4.69, 9.17) is 14.2 Å². The van der Waals surface area contributed by atoms with Crippen LogP contribution in [0.15, 0.2) is 29.3 Å². The molecule has 2 aliphatic rings. The minimum Gasteiger partial charge on any atom is -0.497 e. The summed E-state index contributed by atoms with van der Waals surface area (Å²) in [6.07, 6.45) is 4.78. The van der Waals surface area contributed by atoms with Crippen LogP contribution in [-0.4, -0.2) is 77.1 Å². The zero-order chi connectivity index (χ0) is 20.3. The van der Waals surface area contributed by atoms with Gasteiger partial charge < -0.3 is 24.8 Å². The van der Waals surface area contributed by atoms with Gasteiger partial charge in [0.25, 0.3) is 0 Å². The van der Waals surface area contributed by atoms with E-state index in [2.05, 4.69) is 32.7 Å². The summed E-state index contributed by atoms with van der Waals surface area (Å²) in [4.78, 5) is 6.93. The number of hydrogen-bond donors (Lipinski definition) is 2. The lowest BCUT2D eigenvalue weighted by atomic mass is 10.1. The second-order valence-corrected chi connectivity index (χ2v) is 7.62.